The molecule has 0 spiro atoms. The maximum Gasteiger partial charge on any atom is 0.249 e. The van der Waals surface area contributed by atoms with E-state index in [4.69, 9.17) is 4.74 Å². The normalized spacial score (nSPS) is 33.4. The summed E-state index contributed by atoms with van der Waals surface area (Å²) in [5, 5.41) is 3.25. The van der Waals surface area contributed by atoms with Crippen LogP contribution in [0.3, 0.4) is 0 Å². The number of rotatable bonds is 2. The number of nitrogens with one attached hydrogen (secondary N) is 1. The lowest BCUT2D eigenvalue weighted by Gasteiger charge is -2.41. The van der Waals surface area contributed by atoms with Crippen molar-refractivity contribution < 1.29 is 9.53 Å². The summed E-state index contributed by atoms with van der Waals surface area (Å²) >= 11 is 0. The molecule has 1 saturated carbocycles. The summed E-state index contributed by atoms with van der Waals surface area (Å²) in [5.41, 5.74) is 0.273. The lowest BCUT2D eigenvalue weighted by Crippen LogP contribution is -2.49. The first-order valence-corrected chi connectivity index (χ1v) is 7.40. The third kappa shape index (κ3) is 3.25. The molecule has 3 heteroatoms. The molecule has 0 aromatic heterocycles. The standard InChI is InChI=1S/C15H27NO2/c1-15(2,3)11-7-4-5-8-12(11)16-14(17)13-9-6-10-18-13/h11-13H,4-10H2,1-3H3,(H,16,17)/t11-,12+,13+/m1/s1. The Labute approximate surface area is 111 Å². The average molecular weight is 253 g/mol. The van der Waals surface area contributed by atoms with Crippen LogP contribution in [0.4, 0.5) is 0 Å². The van der Waals surface area contributed by atoms with E-state index in [1.807, 2.05) is 0 Å². The molecule has 0 bridgehead atoms. The first kappa shape index (κ1) is 13.9. The summed E-state index contributed by atoms with van der Waals surface area (Å²) in [6.07, 6.45) is 6.62. The fourth-order valence-corrected chi connectivity index (χ4v) is 3.40. The van der Waals surface area contributed by atoms with Gasteiger partial charge in [0.05, 0.1) is 0 Å². The van der Waals surface area contributed by atoms with Gasteiger partial charge in [-0.2, -0.15) is 0 Å². The van der Waals surface area contributed by atoms with Crippen LogP contribution in [0.5, 0.6) is 0 Å². The molecule has 104 valence electrons. The van der Waals surface area contributed by atoms with Crippen LogP contribution in [0.25, 0.3) is 0 Å². The van der Waals surface area contributed by atoms with E-state index in [-0.39, 0.29) is 17.4 Å². The minimum absolute atomic E-state index is 0.119. The largest absolute Gasteiger partial charge is 0.368 e. The van der Waals surface area contributed by atoms with Gasteiger partial charge in [0.2, 0.25) is 5.91 Å². The van der Waals surface area contributed by atoms with E-state index >= 15 is 0 Å². The molecule has 1 amide bonds. The zero-order valence-electron chi connectivity index (χ0n) is 12.0. The van der Waals surface area contributed by atoms with Crippen molar-refractivity contribution in [2.24, 2.45) is 11.3 Å². The van der Waals surface area contributed by atoms with Crippen LogP contribution in [0, 0.1) is 11.3 Å². The van der Waals surface area contributed by atoms with Crippen LogP contribution in [0.2, 0.25) is 0 Å². The van der Waals surface area contributed by atoms with Crippen molar-refractivity contribution in [3.05, 3.63) is 0 Å². The minimum Gasteiger partial charge on any atom is -0.368 e. The second kappa shape index (κ2) is 5.60. The van der Waals surface area contributed by atoms with Crippen LogP contribution in [-0.2, 0) is 9.53 Å². The number of hydrogen-bond donors (Lipinski definition) is 1. The molecule has 1 N–H and O–H groups in total. The molecule has 2 aliphatic rings. The van der Waals surface area contributed by atoms with E-state index in [0.717, 1.165) is 25.9 Å². The van der Waals surface area contributed by atoms with E-state index in [9.17, 15) is 4.79 Å². The van der Waals surface area contributed by atoms with Gasteiger partial charge >= 0.3 is 0 Å². The second-order valence-corrected chi connectivity index (χ2v) is 6.87. The summed E-state index contributed by atoms with van der Waals surface area (Å²) in [5.74, 6) is 0.713. The van der Waals surface area contributed by atoms with Gasteiger partial charge in [0.1, 0.15) is 6.10 Å². The molecule has 1 saturated heterocycles. The lowest BCUT2D eigenvalue weighted by molar-refractivity contribution is -0.131. The fraction of sp³-hybridized carbons (Fsp3) is 0.933. The van der Waals surface area contributed by atoms with Gasteiger partial charge in [0.25, 0.3) is 0 Å². The van der Waals surface area contributed by atoms with E-state index in [1.54, 1.807) is 0 Å². The molecular weight excluding hydrogens is 226 g/mol. The predicted octanol–water partition coefficient (Wildman–Crippen LogP) is 2.89. The number of hydrogen-bond acceptors (Lipinski definition) is 2. The van der Waals surface area contributed by atoms with Crippen molar-refractivity contribution in [3.8, 4) is 0 Å². The van der Waals surface area contributed by atoms with Gasteiger partial charge in [-0.1, -0.05) is 33.6 Å². The zero-order valence-corrected chi connectivity index (χ0v) is 12.0. The Hall–Kier alpha value is -0.570. The highest BCUT2D eigenvalue weighted by atomic mass is 16.5. The van der Waals surface area contributed by atoms with Gasteiger partial charge in [0.15, 0.2) is 0 Å². The molecule has 0 radical (unpaired) electrons. The summed E-state index contributed by atoms with van der Waals surface area (Å²) < 4.78 is 5.47. The quantitative estimate of drug-likeness (QED) is 0.821. The number of amides is 1. The van der Waals surface area contributed by atoms with Crippen LogP contribution in [-0.4, -0.2) is 24.7 Å². The Morgan fingerprint density at radius 1 is 1.11 bits per heavy atom. The van der Waals surface area contributed by atoms with E-state index < -0.39 is 0 Å². The van der Waals surface area contributed by atoms with Gasteiger partial charge in [-0.15, -0.1) is 0 Å². The second-order valence-electron chi connectivity index (χ2n) is 6.87. The molecule has 0 unspecified atom stereocenters. The number of carbonyl (C=O) groups is 1. The van der Waals surface area contributed by atoms with Crippen LogP contribution in [0.1, 0.15) is 59.3 Å². The third-order valence-electron chi connectivity index (χ3n) is 4.43. The molecule has 18 heavy (non-hydrogen) atoms. The summed E-state index contributed by atoms with van der Waals surface area (Å²) in [4.78, 5) is 12.1. The molecule has 2 rings (SSSR count). The molecular formula is C15H27NO2. The monoisotopic (exact) mass is 253 g/mol. The molecule has 3 nitrogen and oxygen atoms in total. The Morgan fingerprint density at radius 3 is 2.44 bits per heavy atom. The average Bonchev–Trinajstić information content (AvgIpc) is 2.81. The minimum atomic E-state index is -0.187. The van der Waals surface area contributed by atoms with Gasteiger partial charge in [-0.25, -0.2) is 0 Å². The number of ether oxygens (including phenoxy) is 1. The predicted molar refractivity (Wildman–Crippen MR) is 72.3 cm³/mol. The smallest absolute Gasteiger partial charge is 0.249 e. The Kier molecular flexibility index (Phi) is 4.31. The van der Waals surface area contributed by atoms with Gasteiger partial charge in [-0.3, -0.25) is 4.79 Å². The van der Waals surface area contributed by atoms with Gasteiger partial charge in [0, 0.05) is 12.6 Å². The molecule has 0 aromatic rings. The highest BCUT2D eigenvalue weighted by Gasteiger charge is 2.36. The third-order valence-corrected chi connectivity index (χ3v) is 4.43. The topological polar surface area (TPSA) is 38.3 Å². The molecule has 1 aliphatic heterocycles. The molecule has 0 aromatic carbocycles. The van der Waals surface area contributed by atoms with Gasteiger partial charge in [-0.05, 0) is 37.0 Å². The zero-order chi connectivity index (χ0) is 13.2. The van der Waals surface area contributed by atoms with E-state index in [1.165, 1.54) is 19.3 Å². The number of carbonyl (C=O) groups excluding carboxylic acids is 1. The maximum absolute atomic E-state index is 12.1. The van der Waals surface area contributed by atoms with Crippen molar-refractivity contribution in [1.29, 1.82) is 0 Å². The SMILES string of the molecule is CC(C)(C)[C@@H]1CCCC[C@@H]1NC(=O)[C@@H]1CCCO1. The van der Waals surface area contributed by atoms with E-state index in [2.05, 4.69) is 26.1 Å². The maximum atomic E-state index is 12.1. The summed E-state index contributed by atoms with van der Waals surface area (Å²) in [7, 11) is 0. The van der Waals surface area contributed by atoms with Crippen LogP contribution >= 0.6 is 0 Å². The summed E-state index contributed by atoms with van der Waals surface area (Å²) in [6, 6.07) is 0.343. The van der Waals surface area contributed by atoms with Crippen molar-refractivity contribution in [1.82, 2.24) is 5.32 Å². The molecule has 3 atom stereocenters. The Bertz CT molecular complexity index is 289. The van der Waals surface area contributed by atoms with Gasteiger partial charge < -0.3 is 10.1 Å². The van der Waals surface area contributed by atoms with E-state index in [0.29, 0.717) is 12.0 Å². The van der Waals surface area contributed by atoms with Crippen LogP contribution < -0.4 is 5.32 Å². The summed E-state index contributed by atoms with van der Waals surface area (Å²) in [6.45, 7) is 7.60. The van der Waals surface area contributed by atoms with Crippen molar-refractivity contribution in [2.45, 2.75) is 71.4 Å². The van der Waals surface area contributed by atoms with Crippen molar-refractivity contribution in [2.75, 3.05) is 6.61 Å². The lowest BCUT2D eigenvalue weighted by atomic mass is 9.69. The Morgan fingerprint density at radius 2 is 1.83 bits per heavy atom. The fourth-order valence-electron chi connectivity index (χ4n) is 3.40. The Balaban J connectivity index is 1.94. The molecule has 1 aliphatic carbocycles. The highest BCUT2D eigenvalue weighted by Crippen LogP contribution is 2.38. The molecule has 2 fully saturated rings. The van der Waals surface area contributed by atoms with Crippen LogP contribution in [0.15, 0.2) is 0 Å². The first-order chi connectivity index (χ1) is 8.48. The molecule has 1 heterocycles. The van der Waals surface area contributed by atoms with Crippen molar-refractivity contribution in [3.63, 3.8) is 0 Å². The highest BCUT2D eigenvalue weighted by molar-refractivity contribution is 5.81. The van der Waals surface area contributed by atoms with Crippen molar-refractivity contribution >= 4 is 5.91 Å². The first-order valence-electron chi connectivity index (χ1n) is 7.40.